The summed E-state index contributed by atoms with van der Waals surface area (Å²) in [5.74, 6) is 0.561. The van der Waals surface area contributed by atoms with Crippen molar-refractivity contribution in [3.05, 3.63) is 17.8 Å². The van der Waals surface area contributed by atoms with Crippen molar-refractivity contribution in [2.75, 3.05) is 30.8 Å². The molecular weight excluding hydrogens is 232 g/mol. The zero-order valence-electron chi connectivity index (χ0n) is 10.2. The maximum Gasteiger partial charge on any atom is 0.267 e. The molecule has 1 saturated heterocycles. The molecule has 18 heavy (non-hydrogen) atoms. The van der Waals surface area contributed by atoms with Gasteiger partial charge in [-0.2, -0.15) is 0 Å². The normalized spacial score (nSPS) is 18.8. The van der Waals surface area contributed by atoms with E-state index >= 15 is 0 Å². The molecule has 0 saturated carbocycles. The van der Waals surface area contributed by atoms with E-state index in [0.29, 0.717) is 17.4 Å². The predicted molar refractivity (Wildman–Crippen MR) is 69.2 cm³/mol. The van der Waals surface area contributed by atoms with Crippen LogP contribution in [-0.4, -0.2) is 30.6 Å². The number of anilines is 2. The van der Waals surface area contributed by atoms with E-state index in [4.69, 9.17) is 16.2 Å². The Balaban J connectivity index is 1.91. The van der Waals surface area contributed by atoms with E-state index in [1.54, 1.807) is 6.07 Å². The lowest BCUT2D eigenvalue weighted by Crippen LogP contribution is -2.16. The molecule has 2 rings (SSSR count). The Morgan fingerprint density at radius 1 is 1.56 bits per heavy atom. The minimum Gasteiger partial charge on any atom is -0.396 e. The molecule has 6 nitrogen and oxygen atoms in total. The van der Waals surface area contributed by atoms with E-state index in [1.165, 1.54) is 6.07 Å². The Morgan fingerprint density at radius 2 is 2.39 bits per heavy atom. The molecule has 1 aliphatic rings. The first kappa shape index (κ1) is 12.6. The molecule has 1 fully saturated rings. The summed E-state index contributed by atoms with van der Waals surface area (Å²) in [6.07, 6.45) is 2.10. The average Bonchev–Trinajstić information content (AvgIpc) is 2.84. The smallest absolute Gasteiger partial charge is 0.267 e. The van der Waals surface area contributed by atoms with E-state index in [0.717, 1.165) is 32.6 Å². The fraction of sp³-hybridized carbons (Fsp3) is 0.500. The third kappa shape index (κ3) is 3.10. The van der Waals surface area contributed by atoms with Gasteiger partial charge in [0.25, 0.3) is 5.91 Å². The summed E-state index contributed by atoms with van der Waals surface area (Å²) < 4.78 is 5.30. The lowest BCUT2D eigenvalue weighted by molar-refractivity contribution is 0.0996. The molecule has 1 aliphatic heterocycles. The number of ether oxygens (including phenoxy) is 1. The van der Waals surface area contributed by atoms with E-state index in [9.17, 15) is 4.79 Å². The SMILES string of the molecule is NC(=O)c1ccc(N)c(NCCC2CCOC2)n1. The van der Waals surface area contributed by atoms with Crippen LogP contribution in [0.5, 0.6) is 0 Å². The molecule has 5 N–H and O–H groups in total. The van der Waals surface area contributed by atoms with Crippen molar-refractivity contribution in [3.8, 4) is 0 Å². The first-order valence-electron chi connectivity index (χ1n) is 6.05. The second-order valence-electron chi connectivity index (χ2n) is 4.44. The van der Waals surface area contributed by atoms with Crippen LogP contribution in [0.4, 0.5) is 11.5 Å². The highest BCUT2D eigenvalue weighted by Crippen LogP contribution is 2.18. The Bertz CT molecular complexity index is 430. The van der Waals surface area contributed by atoms with Crippen LogP contribution in [0.3, 0.4) is 0 Å². The van der Waals surface area contributed by atoms with Crippen molar-refractivity contribution in [2.45, 2.75) is 12.8 Å². The number of hydrogen-bond donors (Lipinski definition) is 3. The predicted octanol–water partition coefficient (Wildman–Crippen LogP) is 0.601. The van der Waals surface area contributed by atoms with Gasteiger partial charge in [0.05, 0.1) is 5.69 Å². The average molecular weight is 250 g/mol. The number of nitrogens with zero attached hydrogens (tertiary/aromatic N) is 1. The summed E-state index contributed by atoms with van der Waals surface area (Å²) >= 11 is 0. The summed E-state index contributed by atoms with van der Waals surface area (Å²) in [6, 6.07) is 3.15. The van der Waals surface area contributed by atoms with Crippen LogP contribution in [0.15, 0.2) is 12.1 Å². The number of nitrogens with two attached hydrogens (primary N) is 2. The van der Waals surface area contributed by atoms with Crippen molar-refractivity contribution < 1.29 is 9.53 Å². The Labute approximate surface area is 106 Å². The zero-order valence-corrected chi connectivity index (χ0v) is 10.2. The molecule has 0 aromatic carbocycles. The Hall–Kier alpha value is -1.82. The number of amides is 1. The summed E-state index contributed by atoms with van der Waals surface area (Å²) in [5, 5.41) is 3.14. The molecule has 1 aromatic heterocycles. The highest BCUT2D eigenvalue weighted by atomic mass is 16.5. The number of rotatable bonds is 5. The standard InChI is InChI=1S/C12H18N4O2/c13-9-1-2-10(11(14)17)16-12(9)15-5-3-8-4-6-18-7-8/h1-2,8H,3-7,13H2,(H2,14,17)(H,15,16). The number of hydrogen-bond acceptors (Lipinski definition) is 5. The summed E-state index contributed by atoms with van der Waals surface area (Å²) in [5.41, 5.74) is 11.7. The number of pyridine rings is 1. The van der Waals surface area contributed by atoms with E-state index in [-0.39, 0.29) is 5.69 Å². The van der Waals surface area contributed by atoms with Gasteiger partial charge in [-0.1, -0.05) is 0 Å². The fourth-order valence-electron chi connectivity index (χ4n) is 1.95. The Morgan fingerprint density at radius 3 is 3.06 bits per heavy atom. The summed E-state index contributed by atoms with van der Waals surface area (Å²) in [7, 11) is 0. The lowest BCUT2D eigenvalue weighted by atomic mass is 10.1. The van der Waals surface area contributed by atoms with Gasteiger partial charge in [0.15, 0.2) is 0 Å². The molecule has 0 aliphatic carbocycles. The van der Waals surface area contributed by atoms with Gasteiger partial charge in [0.1, 0.15) is 11.5 Å². The number of nitrogen functional groups attached to an aromatic ring is 1. The molecule has 0 spiro atoms. The quantitative estimate of drug-likeness (QED) is 0.710. The molecule has 0 bridgehead atoms. The van der Waals surface area contributed by atoms with Crippen LogP contribution in [0, 0.1) is 5.92 Å². The van der Waals surface area contributed by atoms with Gasteiger partial charge in [0.2, 0.25) is 0 Å². The van der Waals surface area contributed by atoms with E-state index < -0.39 is 5.91 Å². The van der Waals surface area contributed by atoms with Gasteiger partial charge in [-0.25, -0.2) is 4.98 Å². The molecule has 1 amide bonds. The van der Waals surface area contributed by atoms with Crippen LogP contribution in [0.1, 0.15) is 23.3 Å². The van der Waals surface area contributed by atoms with Gasteiger partial charge >= 0.3 is 0 Å². The third-order valence-electron chi connectivity index (χ3n) is 3.05. The van der Waals surface area contributed by atoms with Crippen molar-refractivity contribution >= 4 is 17.4 Å². The first-order chi connectivity index (χ1) is 8.66. The molecular formula is C12H18N4O2. The van der Waals surface area contributed by atoms with Gasteiger partial charge in [0, 0.05) is 19.8 Å². The van der Waals surface area contributed by atoms with Crippen LogP contribution in [0.25, 0.3) is 0 Å². The maximum atomic E-state index is 11.0. The molecule has 1 unspecified atom stereocenters. The largest absolute Gasteiger partial charge is 0.396 e. The molecule has 6 heteroatoms. The third-order valence-corrected chi connectivity index (χ3v) is 3.05. The van der Waals surface area contributed by atoms with Crippen molar-refractivity contribution in [1.82, 2.24) is 4.98 Å². The zero-order chi connectivity index (χ0) is 13.0. The summed E-state index contributed by atoms with van der Waals surface area (Å²) in [4.78, 5) is 15.1. The monoisotopic (exact) mass is 250 g/mol. The van der Waals surface area contributed by atoms with Crippen molar-refractivity contribution in [3.63, 3.8) is 0 Å². The van der Waals surface area contributed by atoms with Gasteiger partial charge in [-0.15, -0.1) is 0 Å². The number of carbonyl (C=O) groups is 1. The second kappa shape index (κ2) is 5.68. The minimum atomic E-state index is -0.553. The topological polar surface area (TPSA) is 103 Å². The minimum absolute atomic E-state index is 0.218. The highest BCUT2D eigenvalue weighted by Gasteiger charge is 2.15. The summed E-state index contributed by atoms with van der Waals surface area (Å²) in [6.45, 7) is 2.43. The first-order valence-corrected chi connectivity index (χ1v) is 6.05. The van der Waals surface area contributed by atoms with E-state index in [2.05, 4.69) is 10.3 Å². The van der Waals surface area contributed by atoms with E-state index in [1.807, 2.05) is 0 Å². The van der Waals surface area contributed by atoms with Crippen molar-refractivity contribution in [1.29, 1.82) is 0 Å². The molecule has 1 atom stereocenters. The molecule has 98 valence electrons. The van der Waals surface area contributed by atoms with Gasteiger partial charge in [-0.05, 0) is 30.9 Å². The van der Waals surface area contributed by atoms with Crippen LogP contribution in [0.2, 0.25) is 0 Å². The molecule has 1 aromatic rings. The Kier molecular flexibility index (Phi) is 3.99. The lowest BCUT2D eigenvalue weighted by Gasteiger charge is -2.11. The van der Waals surface area contributed by atoms with Crippen molar-refractivity contribution in [2.24, 2.45) is 11.7 Å². The number of carbonyl (C=O) groups excluding carboxylic acids is 1. The number of nitrogens with one attached hydrogen (secondary N) is 1. The second-order valence-corrected chi connectivity index (χ2v) is 4.44. The van der Waals surface area contributed by atoms with Crippen LogP contribution < -0.4 is 16.8 Å². The molecule has 0 radical (unpaired) electrons. The van der Waals surface area contributed by atoms with Gasteiger partial charge < -0.3 is 21.5 Å². The van der Waals surface area contributed by atoms with Crippen LogP contribution in [-0.2, 0) is 4.74 Å². The number of aromatic nitrogens is 1. The number of primary amides is 1. The van der Waals surface area contributed by atoms with Crippen LogP contribution >= 0.6 is 0 Å². The highest BCUT2D eigenvalue weighted by molar-refractivity contribution is 5.91. The molecule has 2 heterocycles. The maximum absolute atomic E-state index is 11.0. The van der Waals surface area contributed by atoms with Gasteiger partial charge in [-0.3, -0.25) is 4.79 Å². The fourth-order valence-corrected chi connectivity index (χ4v) is 1.95.